The summed E-state index contributed by atoms with van der Waals surface area (Å²) in [6.45, 7) is 0. The fourth-order valence-corrected chi connectivity index (χ4v) is 2.50. The second kappa shape index (κ2) is 6.53. The van der Waals surface area contributed by atoms with Crippen molar-refractivity contribution in [2.75, 3.05) is 7.11 Å². The summed E-state index contributed by atoms with van der Waals surface area (Å²) in [4.78, 5) is 11.4. The van der Waals surface area contributed by atoms with E-state index in [0.29, 0.717) is 5.56 Å². The van der Waals surface area contributed by atoms with Crippen molar-refractivity contribution in [3.63, 3.8) is 0 Å². The van der Waals surface area contributed by atoms with Crippen molar-refractivity contribution in [2.24, 2.45) is 0 Å². The first-order valence-corrected chi connectivity index (χ1v) is 7.16. The molecule has 0 saturated carbocycles. The van der Waals surface area contributed by atoms with E-state index in [0.717, 1.165) is 11.8 Å². The molecule has 2 rings (SSSR count). The molecule has 0 unspecified atom stereocenters. The van der Waals surface area contributed by atoms with Gasteiger partial charge in [-0.2, -0.15) is 0 Å². The van der Waals surface area contributed by atoms with E-state index in [9.17, 15) is 4.79 Å². The summed E-state index contributed by atoms with van der Waals surface area (Å²) in [5.41, 5.74) is 4.35. The lowest BCUT2D eigenvalue weighted by molar-refractivity contribution is 0.0600. The van der Waals surface area contributed by atoms with Crippen molar-refractivity contribution >= 4 is 21.9 Å². The highest BCUT2D eigenvalue weighted by molar-refractivity contribution is 9.08. The van der Waals surface area contributed by atoms with Gasteiger partial charge in [-0.3, -0.25) is 0 Å². The molecule has 0 aliphatic heterocycles. The number of halogens is 1. The molecular formula is C16H15BrO2. The van der Waals surface area contributed by atoms with E-state index in [1.54, 1.807) is 12.1 Å². The molecule has 0 amide bonds. The van der Waals surface area contributed by atoms with Crippen LogP contribution in [0.3, 0.4) is 0 Å². The van der Waals surface area contributed by atoms with Crippen LogP contribution in [0.15, 0.2) is 48.5 Å². The highest BCUT2D eigenvalue weighted by Gasteiger charge is 2.06. The lowest BCUT2D eigenvalue weighted by Gasteiger charge is -2.07. The molecule has 0 aliphatic rings. The molecule has 3 heteroatoms. The molecule has 0 bridgehead atoms. The van der Waals surface area contributed by atoms with Crippen LogP contribution in [0.4, 0.5) is 0 Å². The number of alkyl halides is 1. The van der Waals surface area contributed by atoms with Crippen molar-refractivity contribution in [3.05, 3.63) is 70.8 Å². The highest BCUT2D eigenvalue weighted by Crippen LogP contribution is 2.17. The second-order valence-corrected chi connectivity index (χ2v) is 4.83. The third-order valence-electron chi connectivity index (χ3n) is 3.03. The third kappa shape index (κ3) is 3.44. The van der Waals surface area contributed by atoms with Crippen LogP contribution in [0.2, 0.25) is 0 Å². The van der Waals surface area contributed by atoms with Crippen LogP contribution < -0.4 is 0 Å². The maximum absolute atomic E-state index is 11.4. The standard InChI is InChI=1S/C16H15BrO2/c1-19-16(18)13-8-6-12(7-9-13)10-14-4-2-3-5-15(14)11-17/h2-9H,10-11H2,1H3. The minimum absolute atomic E-state index is 0.299. The third-order valence-corrected chi connectivity index (χ3v) is 3.64. The molecular weight excluding hydrogens is 304 g/mol. The Morgan fingerprint density at radius 3 is 2.26 bits per heavy atom. The number of benzene rings is 2. The smallest absolute Gasteiger partial charge is 0.337 e. The quantitative estimate of drug-likeness (QED) is 0.630. The van der Waals surface area contributed by atoms with Gasteiger partial charge in [0.25, 0.3) is 0 Å². The Hall–Kier alpha value is -1.61. The first-order chi connectivity index (χ1) is 9.24. The van der Waals surface area contributed by atoms with Crippen molar-refractivity contribution in [1.29, 1.82) is 0 Å². The average molecular weight is 319 g/mol. The fraction of sp³-hybridized carbons (Fsp3) is 0.188. The number of carbonyl (C=O) groups is 1. The topological polar surface area (TPSA) is 26.3 Å². The number of hydrogen-bond donors (Lipinski definition) is 0. The van der Waals surface area contributed by atoms with Crippen LogP contribution in [0, 0.1) is 0 Å². The van der Waals surface area contributed by atoms with Crippen LogP contribution in [0.1, 0.15) is 27.0 Å². The molecule has 19 heavy (non-hydrogen) atoms. The summed E-state index contributed by atoms with van der Waals surface area (Å²) in [6.07, 6.45) is 0.864. The summed E-state index contributed by atoms with van der Waals surface area (Å²) < 4.78 is 4.69. The molecule has 0 spiro atoms. The normalized spacial score (nSPS) is 10.2. The second-order valence-electron chi connectivity index (χ2n) is 4.27. The molecule has 0 saturated heterocycles. The van der Waals surface area contributed by atoms with Crippen LogP contribution in [-0.4, -0.2) is 13.1 Å². The SMILES string of the molecule is COC(=O)c1ccc(Cc2ccccc2CBr)cc1. The molecule has 98 valence electrons. The summed E-state index contributed by atoms with van der Waals surface area (Å²) in [5, 5.41) is 0.851. The summed E-state index contributed by atoms with van der Waals surface area (Å²) in [7, 11) is 1.39. The van der Waals surface area contributed by atoms with Gasteiger partial charge in [0.1, 0.15) is 0 Å². The molecule has 2 aromatic carbocycles. The minimum Gasteiger partial charge on any atom is -0.465 e. The average Bonchev–Trinajstić information content (AvgIpc) is 2.48. The van der Waals surface area contributed by atoms with Crippen LogP contribution >= 0.6 is 15.9 Å². The molecule has 0 N–H and O–H groups in total. The number of methoxy groups -OCH3 is 1. The van der Waals surface area contributed by atoms with Gasteiger partial charge >= 0.3 is 5.97 Å². The molecule has 0 fully saturated rings. The molecule has 2 aromatic rings. The van der Waals surface area contributed by atoms with E-state index < -0.39 is 0 Å². The number of carbonyl (C=O) groups excluding carboxylic acids is 1. The van der Waals surface area contributed by atoms with Gasteiger partial charge in [0, 0.05) is 5.33 Å². The molecule has 0 aliphatic carbocycles. The Balaban J connectivity index is 2.17. The number of rotatable bonds is 4. The van der Waals surface area contributed by atoms with Crippen LogP contribution in [0.5, 0.6) is 0 Å². The predicted octanol–water partition coefficient (Wildman–Crippen LogP) is 3.96. The zero-order valence-electron chi connectivity index (χ0n) is 10.7. The van der Waals surface area contributed by atoms with Gasteiger partial charge in [-0.15, -0.1) is 0 Å². The largest absolute Gasteiger partial charge is 0.465 e. The van der Waals surface area contributed by atoms with E-state index >= 15 is 0 Å². The monoisotopic (exact) mass is 318 g/mol. The van der Waals surface area contributed by atoms with Crippen LogP contribution in [0.25, 0.3) is 0 Å². The Labute approximate surface area is 121 Å². The van der Waals surface area contributed by atoms with Crippen molar-refractivity contribution in [1.82, 2.24) is 0 Å². The fourth-order valence-electron chi connectivity index (χ4n) is 1.96. The maximum Gasteiger partial charge on any atom is 0.337 e. The van der Waals surface area contributed by atoms with Gasteiger partial charge in [-0.25, -0.2) is 4.79 Å². The zero-order valence-corrected chi connectivity index (χ0v) is 12.3. The molecule has 0 aromatic heterocycles. The lowest BCUT2D eigenvalue weighted by atomic mass is 10.00. The molecule has 0 heterocycles. The molecule has 0 radical (unpaired) electrons. The minimum atomic E-state index is -0.299. The zero-order chi connectivity index (χ0) is 13.7. The van der Waals surface area contributed by atoms with Gasteiger partial charge < -0.3 is 4.74 Å². The van der Waals surface area contributed by atoms with Crippen LogP contribution in [-0.2, 0) is 16.5 Å². The van der Waals surface area contributed by atoms with Crippen molar-refractivity contribution in [2.45, 2.75) is 11.8 Å². The van der Waals surface area contributed by atoms with E-state index in [1.807, 2.05) is 24.3 Å². The van der Waals surface area contributed by atoms with Gasteiger partial charge in [0.2, 0.25) is 0 Å². The summed E-state index contributed by atoms with van der Waals surface area (Å²) in [6, 6.07) is 15.9. The van der Waals surface area contributed by atoms with E-state index in [4.69, 9.17) is 0 Å². The Bertz CT molecular complexity index is 561. The predicted molar refractivity (Wildman–Crippen MR) is 79.7 cm³/mol. The van der Waals surface area contributed by atoms with Crippen molar-refractivity contribution < 1.29 is 9.53 Å². The van der Waals surface area contributed by atoms with E-state index in [1.165, 1.54) is 23.8 Å². The molecule has 0 atom stereocenters. The van der Waals surface area contributed by atoms with Gasteiger partial charge in [-0.1, -0.05) is 52.3 Å². The number of hydrogen-bond acceptors (Lipinski definition) is 2. The Kier molecular flexibility index (Phi) is 4.74. The first kappa shape index (κ1) is 13.8. The number of ether oxygens (including phenoxy) is 1. The summed E-state index contributed by atoms with van der Waals surface area (Å²) in [5.74, 6) is -0.299. The summed E-state index contributed by atoms with van der Waals surface area (Å²) >= 11 is 3.50. The maximum atomic E-state index is 11.4. The van der Waals surface area contributed by atoms with Gasteiger partial charge in [-0.05, 0) is 35.2 Å². The van der Waals surface area contributed by atoms with Gasteiger partial charge in [0.05, 0.1) is 12.7 Å². The highest BCUT2D eigenvalue weighted by atomic mass is 79.9. The molecule has 2 nitrogen and oxygen atoms in total. The Morgan fingerprint density at radius 2 is 1.68 bits per heavy atom. The van der Waals surface area contributed by atoms with Gasteiger partial charge in [0.15, 0.2) is 0 Å². The van der Waals surface area contributed by atoms with Crippen molar-refractivity contribution in [3.8, 4) is 0 Å². The lowest BCUT2D eigenvalue weighted by Crippen LogP contribution is -2.01. The van der Waals surface area contributed by atoms with E-state index in [2.05, 4.69) is 32.8 Å². The Morgan fingerprint density at radius 1 is 1.05 bits per heavy atom. The number of esters is 1. The first-order valence-electron chi connectivity index (χ1n) is 6.04. The van der Waals surface area contributed by atoms with E-state index in [-0.39, 0.29) is 5.97 Å².